The molecule has 5 heteroatoms. The van der Waals surface area contributed by atoms with Crippen molar-refractivity contribution in [2.45, 2.75) is 6.92 Å². The zero-order valence-corrected chi connectivity index (χ0v) is 13.1. The summed E-state index contributed by atoms with van der Waals surface area (Å²) < 4.78 is 11.8. The lowest BCUT2D eigenvalue weighted by Gasteiger charge is -2.12. The summed E-state index contributed by atoms with van der Waals surface area (Å²) in [5.41, 5.74) is 6.62. The second kappa shape index (κ2) is 6.60. The minimum Gasteiger partial charge on any atom is -0.462 e. The van der Waals surface area contributed by atoms with E-state index in [1.54, 1.807) is 25.1 Å². The lowest BCUT2D eigenvalue weighted by molar-refractivity contribution is 0.0523. The summed E-state index contributed by atoms with van der Waals surface area (Å²) in [6.45, 7) is 2.06. The van der Waals surface area contributed by atoms with E-state index in [0.29, 0.717) is 29.4 Å². The van der Waals surface area contributed by atoms with Crippen molar-refractivity contribution in [1.82, 2.24) is 0 Å². The van der Waals surface area contributed by atoms with Gasteiger partial charge < -0.3 is 15.2 Å². The summed E-state index contributed by atoms with van der Waals surface area (Å²) >= 11 is 2.21. The Labute approximate surface area is 131 Å². The van der Waals surface area contributed by atoms with E-state index in [1.807, 2.05) is 24.3 Å². The third-order valence-electron chi connectivity index (χ3n) is 2.57. The van der Waals surface area contributed by atoms with E-state index in [1.165, 1.54) is 0 Å². The van der Waals surface area contributed by atoms with Crippen LogP contribution in [0.2, 0.25) is 0 Å². The number of nitrogen functional groups attached to an aromatic ring is 1. The molecule has 0 heterocycles. The SMILES string of the molecule is CCOC(=O)c1cccc(N)c1Oc1ccc(I)cc1. The van der Waals surface area contributed by atoms with Crippen LogP contribution in [0.25, 0.3) is 0 Å². The van der Waals surface area contributed by atoms with Crippen LogP contribution in [0.4, 0.5) is 5.69 Å². The number of carbonyl (C=O) groups excluding carboxylic acids is 1. The van der Waals surface area contributed by atoms with Crippen LogP contribution < -0.4 is 10.5 Å². The van der Waals surface area contributed by atoms with Gasteiger partial charge in [-0.25, -0.2) is 4.79 Å². The summed E-state index contributed by atoms with van der Waals surface area (Å²) in [6.07, 6.45) is 0. The van der Waals surface area contributed by atoms with Crippen molar-refractivity contribution in [2.24, 2.45) is 0 Å². The Morgan fingerprint density at radius 2 is 1.90 bits per heavy atom. The van der Waals surface area contributed by atoms with Crippen LogP contribution in [0.3, 0.4) is 0 Å². The number of hydrogen-bond acceptors (Lipinski definition) is 4. The van der Waals surface area contributed by atoms with Gasteiger partial charge in [-0.1, -0.05) is 6.07 Å². The average molecular weight is 383 g/mol. The molecule has 2 aromatic rings. The molecule has 0 aliphatic heterocycles. The van der Waals surface area contributed by atoms with Crippen LogP contribution in [0.5, 0.6) is 11.5 Å². The number of benzene rings is 2. The molecule has 4 nitrogen and oxygen atoms in total. The van der Waals surface area contributed by atoms with Crippen molar-refractivity contribution in [3.05, 3.63) is 51.6 Å². The topological polar surface area (TPSA) is 61.5 Å². The van der Waals surface area contributed by atoms with Gasteiger partial charge in [0.15, 0.2) is 5.75 Å². The van der Waals surface area contributed by atoms with Crippen LogP contribution in [0.15, 0.2) is 42.5 Å². The molecule has 0 spiro atoms. The molecule has 0 fully saturated rings. The molecule has 0 amide bonds. The summed E-state index contributed by atoms with van der Waals surface area (Å²) in [5.74, 6) is 0.501. The first-order valence-corrected chi connectivity index (χ1v) is 7.18. The highest BCUT2D eigenvalue weighted by Gasteiger charge is 2.16. The van der Waals surface area contributed by atoms with E-state index in [0.717, 1.165) is 3.57 Å². The van der Waals surface area contributed by atoms with Gasteiger partial charge in [0, 0.05) is 3.57 Å². The number of halogens is 1. The maximum Gasteiger partial charge on any atom is 0.342 e. The maximum atomic E-state index is 11.9. The van der Waals surface area contributed by atoms with Gasteiger partial charge in [0.1, 0.15) is 11.3 Å². The van der Waals surface area contributed by atoms with Crippen LogP contribution in [0.1, 0.15) is 17.3 Å². The molecule has 2 aromatic carbocycles. The second-order valence-corrected chi connectivity index (χ2v) is 5.25. The van der Waals surface area contributed by atoms with Gasteiger partial charge >= 0.3 is 5.97 Å². The van der Waals surface area contributed by atoms with Gasteiger partial charge in [0.05, 0.1) is 12.3 Å². The van der Waals surface area contributed by atoms with Gasteiger partial charge in [-0.15, -0.1) is 0 Å². The summed E-state index contributed by atoms with van der Waals surface area (Å²) in [7, 11) is 0. The van der Waals surface area contributed by atoms with Gasteiger partial charge in [0.2, 0.25) is 0 Å². The number of ether oxygens (including phenoxy) is 2. The standard InChI is InChI=1S/C15H14INO3/c1-2-19-15(18)12-4-3-5-13(17)14(12)20-11-8-6-10(16)7-9-11/h3-9H,2,17H2,1H3. The Bertz CT molecular complexity index is 611. The van der Waals surface area contributed by atoms with E-state index in [-0.39, 0.29) is 0 Å². The summed E-state index contributed by atoms with van der Waals surface area (Å²) in [4.78, 5) is 11.9. The molecular weight excluding hydrogens is 369 g/mol. The third-order valence-corrected chi connectivity index (χ3v) is 3.29. The lowest BCUT2D eigenvalue weighted by atomic mass is 10.1. The zero-order valence-electron chi connectivity index (χ0n) is 10.9. The van der Waals surface area contributed by atoms with E-state index in [9.17, 15) is 4.79 Å². The second-order valence-electron chi connectivity index (χ2n) is 4.00. The number of para-hydroxylation sites is 1. The van der Waals surface area contributed by atoms with Crippen molar-refractivity contribution >= 4 is 34.2 Å². The minimum atomic E-state index is -0.444. The normalized spacial score (nSPS) is 10.1. The molecule has 0 unspecified atom stereocenters. The van der Waals surface area contributed by atoms with Crippen molar-refractivity contribution in [3.8, 4) is 11.5 Å². The predicted octanol–water partition coefficient (Wildman–Crippen LogP) is 3.84. The first kappa shape index (κ1) is 14.6. The highest BCUT2D eigenvalue weighted by molar-refractivity contribution is 14.1. The Hall–Kier alpha value is -1.76. The van der Waals surface area contributed by atoms with E-state index in [2.05, 4.69) is 22.6 Å². The number of carbonyl (C=O) groups is 1. The van der Waals surface area contributed by atoms with Crippen molar-refractivity contribution in [1.29, 1.82) is 0 Å². The predicted molar refractivity (Wildman–Crippen MR) is 86.0 cm³/mol. The van der Waals surface area contributed by atoms with E-state index in [4.69, 9.17) is 15.2 Å². The largest absolute Gasteiger partial charge is 0.462 e. The monoisotopic (exact) mass is 383 g/mol. The van der Waals surface area contributed by atoms with E-state index >= 15 is 0 Å². The average Bonchev–Trinajstić information content (AvgIpc) is 2.43. The minimum absolute atomic E-state index is 0.302. The number of rotatable bonds is 4. The molecule has 0 aliphatic rings. The Balaban J connectivity index is 2.34. The molecular formula is C15H14INO3. The van der Waals surface area contributed by atoms with Gasteiger partial charge in [-0.3, -0.25) is 0 Å². The van der Waals surface area contributed by atoms with Gasteiger partial charge in [0.25, 0.3) is 0 Å². The van der Waals surface area contributed by atoms with Crippen LogP contribution in [-0.2, 0) is 4.74 Å². The van der Waals surface area contributed by atoms with Gasteiger partial charge in [-0.05, 0) is 65.9 Å². The molecule has 104 valence electrons. The molecule has 20 heavy (non-hydrogen) atoms. The number of nitrogens with two attached hydrogens (primary N) is 1. The number of hydrogen-bond donors (Lipinski definition) is 1. The first-order valence-electron chi connectivity index (χ1n) is 6.11. The quantitative estimate of drug-likeness (QED) is 0.495. The van der Waals surface area contributed by atoms with Gasteiger partial charge in [-0.2, -0.15) is 0 Å². The molecule has 2 N–H and O–H groups in total. The first-order chi connectivity index (χ1) is 9.61. The van der Waals surface area contributed by atoms with Crippen LogP contribution >= 0.6 is 22.6 Å². The van der Waals surface area contributed by atoms with Crippen molar-refractivity contribution < 1.29 is 14.3 Å². The van der Waals surface area contributed by atoms with Crippen molar-refractivity contribution in [2.75, 3.05) is 12.3 Å². The Kier molecular flexibility index (Phi) is 4.84. The number of anilines is 1. The molecule has 2 rings (SSSR count). The third kappa shape index (κ3) is 3.41. The molecule has 0 saturated carbocycles. The van der Waals surface area contributed by atoms with E-state index < -0.39 is 5.97 Å². The molecule has 0 atom stereocenters. The smallest absolute Gasteiger partial charge is 0.342 e. The zero-order chi connectivity index (χ0) is 14.5. The highest BCUT2D eigenvalue weighted by atomic mass is 127. The molecule has 0 aromatic heterocycles. The fourth-order valence-electron chi connectivity index (χ4n) is 1.66. The summed E-state index contributed by atoms with van der Waals surface area (Å²) in [6, 6.07) is 12.5. The molecule has 0 radical (unpaired) electrons. The Morgan fingerprint density at radius 1 is 1.20 bits per heavy atom. The lowest BCUT2D eigenvalue weighted by Crippen LogP contribution is -2.08. The Morgan fingerprint density at radius 3 is 2.55 bits per heavy atom. The fraction of sp³-hybridized carbons (Fsp3) is 0.133. The number of esters is 1. The molecule has 0 bridgehead atoms. The van der Waals surface area contributed by atoms with Crippen LogP contribution in [-0.4, -0.2) is 12.6 Å². The van der Waals surface area contributed by atoms with Crippen LogP contribution in [0, 0.1) is 3.57 Å². The van der Waals surface area contributed by atoms with Crippen molar-refractivity contribution in [3.63, 3.8) is 0 Å². The molecule has 0 aliphatic carbocycles. The highest BCUT2D eigenvalue weighted by Crippen LogP contribution is 2.32. The summed E-state index contributed by atoms with van der Waals surface area (Å²) in [5, 5.41) is 0. The molecule has 0 saturated heterocycles. The fourth-order valence-corrected chi connectivity index (χ4v) is 2.02. The maximum absolute atomic E-state index is 11.9.